The van der Waals surface area contributed by atoms with Crippen LogP contribution < -0.4 is 9.47 Å². The highest BCUT2D eigenvalue weighted by Crippen LogP contribution is 2.30. The number of aryl methyl sites for hydroxylation is 1. The van der Waals surface area contributed by atoms with Crippen LogP contribution in [0.3, 0.4) is 0 Å². The van der Waals surface area contributed by atoms with Gasteiger partial charge in [-0.2, -0.15) is 4.98 Å². The standard InChI is InChI=1S/C17H15ClN2O3/c1-11-5-3-4-6-14(11)22-10-16-19-17(20-23-16)13-9-12(18)7-8-15(13)21-2/h3-9H,10H2,1-2H3. The number of benzene rings is 2. The lowest BCUT2D eigenvalue weighted by Gasteiger charge is -2.06. The lowest BCUT2D eigenvalue weighted by atomic mass is 10.2. The molecule has 0 bridgehead atoms. The molecule has 0 aliphatic carbocycles. The third kappa shape index (κ3) is 3.46. The van der Waals surface area contributed by atoms with E-state index in [9.17, 15) is 0 Å². The van der Waals surface area contributed by atoms with Gasteiger partial charge in [-0.05, 0) is 36.8 Å². The second-order valence-electron chi connectivity index (χ2n) is 4.91. The average molecular weight is 331 g/mol. The lowest BCUT2D eigenvalue weighted by molar-refractivity contribution is 0.242. The van der Waals surface area contributed by atoms with E-state index < -0.39 is 0 Å². The van der Waals surface area contributed by atoms with Crippen molar-refractivity contribution >= 4 is 11.6 Å². The summed E-state index contributed by atoms with van der Waals surface area (Å²) in [5, 5.41) is 4.54. The van der Waals surface area contributed by atoms with Crippen LogP contribution in [0.2, 0.25) is 5.02 Å². The van der Waals surface area contributed by atoms with Gasteiger partial charge in [-0.25, -0.2) is 0 Å². The summed E-state index contributed by atoms with van der Waals surface area (Å²) in [6.45, 7) is 2.17. The molecule has 0 unspecified atom stereocenters. The Balaban J connectivity index is 1.79. The first-order valence-corrected chi connectivity index (χ1v) is 7.40. The summed E-state index contributed by atoms with van der Waals surface area (Å²) in [4.78, 5) is 4.33. The van der Waals surface area contributed by atoms with Crippen molar-refractivity contribution in [2.75, 3.05) is 7.11 Å². The Labute approximate surface area is 138 Å². The fraction of sp³-hybridized carbons (Fsp3) is 0.176. The number of rotatable bonds is 5. The topological polar surface area (TPSA) is 57.4 Å². The van der Waals surface area contributed by atoms with Crippen molar-refractivity contribution in [2.24, 2.45) is 0 Å². The molecule has 0 fully saturated rings. The van der Waals surface area contributed by atoms with Gasteiger partial charge in [-0.15, -0.1) is 0 Å². The van der Waals surface area contributed by atoms with Gasteiger partial charge in [0.15, 0.2) is 6.61 Å². The van der Waals surface area contributed by atoms with E-state index in [1.807, 2.05) is 31.2 Å². The minimum absolute atomic E-state index is 0.195. The molecule has 0 atom stereocenters. The van der Waals surface area contributed by atoms with Gasteiger partial charge in [0, 0.05) is 5.02 Å². The summed E-state index contributed by atoms with van der Waals surface area (Å²) >= 11 is 6.02. The zero-order chi connectivity index (χ0) is 16.2. The van der Waals surface area contributed by atoms with Crippen LogP contribution >= 0.6 is 11.6 Å². The van der Waals surface area contributed by atoms with Crippen molar-refractivity contribution in [3.63, 3.8) is 0 Å². The molecule has 0 aliphatic rings. The van der Waals surface area contributed by atoms with Crippen LogP contribution in [-0.2, 0) is 6.61 Å². The van der Waals surface area contributed by atoms with Crippen molar-refractivity contribution in [2.45, 2.75) is 13.5 Å². The van der Waals surface area contributed by atoms with Gasteiger partial charge in [0.05, 0.1) is 12.7 Å². The van der Waals surface area contributed by atoms with E-state index in [4.69, 9.17) is 25.6 Å². The first-order valence-electron chi connectivity index (χ1n) is 7.02. The Morgan fingerprint density at radius 3 is 2.74 bits per heavy atom. The monoisotopic (exact) mass is 330 g/mol. The van der Waals surface area contributed by atoms with Crippen molar-refractivity contribution < 1.29 is 14.0 Å². The van der Waals surface area contributed by atoms with Gasteiger partial charge in [0.25, 0.3) is 5.89 Å². The molecule has 2 aromatic carbocycles. The summed E-state index contributed by atoms with van der Waals surface area (Å²) in [5.74, 6) is 2.20. The van der Waals surface area contributed by atoms with E-state index in [-0.39, 0.29) is 6.61 Å². The summed E-state index contributed by atoms with van der Waals surface area (Å²) in [7, 11) is 1.58. The zero-order valence-electron chi connectivity index (χ0n) is 12.7. The van der Waals surface area contributed by atoms with Crippen LogP contribution in [0.4, 0.5) is 0 Å². The minimum atomic E-state index is 0.195. The Bertz CT molecular complexity index is 817. The molecule has 3 aromatic rings. The molecule has 0 saturated heterocycles. The Kier molecular flexibility index (Phi) is 4.48. The first-order chi connectivity index (χ1) is 11.2. The van der Waals surface area contributed by atoms with Crippen molar-refractivity contribution in [3.05, 3.63) is 58.9 Å². The fourth-order valence-corrected chi connectivity index (χ4v) is 2.31. The van der Waals surface area contributed by atoms with Crippen LogP contribution in [0.1, 0.15) is 11.5 Å². The van der Waals surface area contributed by atoms with Gasteiger partial charge < -0.3 is 14.0 Å². The number of nitrogens with zero attached hydrogens (tertiary/aromatic N) is 2. The molecule has 0 radical (unpaired) electrons. The van der Waals surface area contributed by atoms with Crippen molar-refractivity contribution in [1.82, 2.24) is 10.1 Å². The Morgan fingerprint density at radius 2 is 1.96 bits per heavy atom. The zero-order valence-corrected chi connectivity index (χ0v) is 13.5. The molecular weight excluding hydrogens is 316 g/mol. The molecule has 3 rings (SSSR count). The van der Waals surface area contributed by atoms with Crippen molar-refractivity contribution in [3.8, 4) is 22.9 Å². The molecule has 23 heavy (non-hydrogen) atoms. The number of ether oxygens (including phenoxy) is 2. The first kappa shape index (κ1) is 15.4. The molecule has 0 spiro atoms. The number of hydrogen-bond acceptors (Lipinski definition) is 5. The molecule has 118 valence electrons. The van der Waals surface area contributed by atoms with Gasteiger partial charge >= 0.3 is 0 Å². The van der Waals surface area contributed by atoms with Gasteiger partial charge in [-0.3, -0.25) is 0 Å². The van der Waals surface area contributed by atoms with E-state index in [1.54, 1.807) is 25.3 Å². The third-order valence-electron chi connectivity index (χ3n) is 3.32. The molecule has 6 heteroatoms. The molecular formula is C17H15ClN2O3. The van der Waals surface area contributed by atoms with Crippen LogP contribution in [0, 0.1) is 6.92 Å². The maximum atomic E-state index is 6.02. The van der Waals surface area contributed by atoms with E-state index >= 15 is 0 Å². The molecule has 0 saturated carbocycles. The number of methoxy groups -OCH3 is 1. The normalized spacial score (nSPS) is 10.6. The average Bonchev–Trinajstić information content (AvgIpc) is 3.03. The Hall–Kier alpha value is -2.53. The van der Waals surface area contributed by atoms with E-state index in [0.717, 1.165) is 11.3 Å². The van der Waals surface area contributed by atoms with Gasteiger partial charge in [0.2, 0.25) is 5.82 Å². The molecule has 5 nitrogen and oxygen atoms in total. The van der Waals surface area contributed by atoms with Gasteiger partial charge in [-0.1, -0.05) is 35.0 Å². The summed E-state index contributed by atoms with van der Waals surface area (Å²) < 4.78 is 16.2. The molecule has 0 N–H and O–H groups in total. The fourth-order valence-electron chi connectivity index (χ4n) is 2.14. The highest BCUT2D eigenvalue weighted by atomic mass is 35.5. The summed E-state index contributed by atoms with van der Waals surface area (Å²) in [6, 6.07) is 13.0. The minimum Gasteiger partial charge on any atom is -0.496 e. The third-order valence-corrected chi connectivity index (χ3v) is 3.55. The predicted molar refractivity (Wildman–Crippen MR) is 86.8 cm³/mol. The molecule has 1 heterocycles. The van der Waals surface area contributed by atoms with Crippen LogP contribution in [0.25, 0.3) is 11.4 Å². The smallest absolute Gasteiger partial charge is 0.264 e. The largest absolute Gasteiger partial charge is 0.496 e. The predicted octanol–water partition coefficient (Wildman–Crippen LogP) is 4.29. The second-order valence-corrected chi connectivity index (χ2v) is 5.35. The SMILES string of the molecule is COc1ccc(Cl)cc1-c1noc(COc2ccccc2C)n1. The molecule has 1 aromatic heterocycles. The Morgan fingerprint density at radius 1 is 1.13 bits per heavy atom. The second kappa shape index (κ2) is 6.71. The highest BCUT2D eigenvalue weighted by Gasteiger charge is 2.14. The maximum Gasteiger partial charge on any atom is 0.264 e. The highest BCUT2D eigenvalue weighted by molar-refractivity contribution is 6.30. The van der Waals surface area contributed by atoms with Crippen molar-refractivity contribution in [1.29, 1.82) is 0 Å². The number of aromatic nitrogens is 2. The summed E-state index contributed by atoms with van der Waals surface area (Å²) in [5.41, 5.74) is 1.72. The van der Waals surface area contributed by atoms with E-state index in [2.05, 4.69) is 10.1 Å². The van der Waals surface area contributed by atoms with E-state index in [0.29, 0.717) is 28.1 Å². The molecule has 0 amide bonds. The van der Waals surface area contributed by atoms with Crippen LogP contribution in [0.15, 0.2) is 47.0 Å². The van der Waals surface area contributed by atoms with Crippen LogP contribution in [0.5, 0.6) is 11.5 Å². The number of para-hydroxylation sites is 1. The maximum absolute atomic E-state index is 6.02. The summed E-state index contributed by atoms with van der Waals surface area (Å²) in [6.07, 6.45) is 0. The number of hydrogen-bond donors (Lipinski definition) is 0. The number of halogens is 1. The lowest BCUT2D eigenvalue weighted by Crippen LogP contribution is -1.97. The van der Waals surface area contributed by atoms with Gasteiger partial charge in [0.1, 0.15) is 11.5 Å². The quantitative estimate of drug-likeness (QED) is 0.698. The van der Waals surface area contributed by atoms with Crippen LogP contribution in [-0.4, -0.2) is 17.3 Å². The molecule has 0 aliphatic heterocycles. The van der Waals surface area contributed by atoms with E-state index in [1.165, 1.54) is 0 Å².